The molecule has 0 aliphatic rings. The summed E-state index contributed by atoms with van der Waals surface area (Å²) in [6, 6.07) is 7.49. The molecule has 2 aromatic heterocycles. The molecule has 3 rings (SSSR count). The number of nitrogens with zero attached hydrogens (tertiary/aromatic N) is 3. The van der Waals surface area contributed by atoms with Crippen molar-refractivity contribution >= 4 is 11.7 Å². The van der Waals surface area contributed by atoms with E-state index >= 15 is 0 Å². The fourth-order valence-electron chi connectivity index (χ4n) is 2.42. The molecule has 24 heavy (non-hydrogen) atoms. The van der Waals surface area contributed by atoms with Gasteiger partial charge in [0.25, 0.3) is 5.91 Å². The molecular formula is C17H17FN4O2. The molecule has 0 aliphatic carbocycles. The van der Waals surface area contributed by atoms with Gasteiger partial charge in [0.15, 0.2) is 17.8 Å². The first-order chi connectivity index (χ1) is 11.6. The van der Waals surface area contributed by atoms with E-state index in [2.05, 4.69) is 15.4 Å². The molecule has 0 saturated heterocycles. The van der Waals surface area contributed by atoms with Crippen LogP contribution in [-0.4, -0.2) is 20.7 Å². The highest BCUT2D eigenvalue weighted by Crippen LogP contribution is 2.24. The molecule has 0 aliphatic heterocycles. The topological polar surface area (TPSA) is 73.0 Å². The average Bonchev–Trinajstić information content (AvgIpc) is 3.16. The smallest absolute Gasteiger partial charge is 0.279 e. The molecule has 1 aromatic carbocycles. The quantitative estimate of drug-likeness (QED) is 0.776. The van der Waals surface area contributed by atoms with Crippen LogP contribution in [0, 0.1) is 12.7 Å². The molecule has 124 valence electrons. The zero-order valence-corrected chi connectivity index (χ0v) is 13.4. The molecule has 0 fully saturated rings. The summed E-state index contributed by atoms with van der Waals surface area (Å²) in [5.41, 5.74) is 1.54. The van der Waals surface area contributed by atoms with Gasteiger partial charge < -0.3 is 9.73 Å². The molecule has 0 bridgehead atoms. The highest BCUT2D eigenvalue weighted by atomic mass is 19.1. The third-order valence-corrected chi connectivity index (χ3v) is 3.47. The standard InChI is InChI=1S/C17H17FN4O2/c1-3-8-22-14(9-11(2)21-22)20-17(23)15-16(24-10-19-15)12-4-6-13(18)7-5-12/h4-7,9-10H,3,8H2,1-2H3,(H,20,23). The van der Waals surface area contributed by atoms with Crippen LogP contribution in [0.3, 0.4) is 0 Å². The summed E-state index contributed by atoms with van der Waals surface area (Å²) in [6.07, 6.45) is 2.09. The number of amides is 1. The van der Waals surface area contributed by atoms with Gasteiger partial charge >= 0.3 is 0 Å². The number of hydrogen-bond donors (Lipinski definition) is 1. The number of oxazole rings is 1. The summed E-state index contributed by atoms with van der Waals surface area (Å²) in [4.78, 5) is 16.5. The van der Waals surface area contributed by atoms with Crippen LogP contribution in [0.2, 0.25) is 0 Å². The maximum Gasteiger partial charge on any atom is 0.279 e. The second-order valence-electron chi connectivity index (χ2n) is 5.39. The lowest BCUT2D eigenvalue weighted by molar-refractivity contribution is 0.102. The Balaban J connectivity index is 1.87. The van der Waals surface area contributed by atoms with Crippen molar-refractivity contribution in [2.45, 2.75) is 26.8 Å². The number of carbonyl (C=O) groups excluding carboxylic acids is 1. The largest absolute Gasteiger partial charge is 0.443 e. The number of carbonyl (C=O) groups is 1. The molecular weight excluding hydrogens is 311 g/mol. The molecule has 1 amide bonds. The summed E-state index contributed by atoms with van der Waals surface area (Å²) < 4.78 is 20.1. The number of aryl methyl sites for hydroxylation is 2. The van der Waals surface area contributed by atoms with Gasteiger partial charge in [-0.05, 0) is 37.6 Å². The van der Waals surface area contributed by atoms with E-state index in [4.69, 9.17) is 4.42 Å². The highest BCUT2D eigenvalue weighted by Gasteiger charge is 2.20. The number of hydrogen-bond acceptors (Lipinski definition) is 4. The predicted octanol–water partition coefficient (Wildman–Crippen LogP) is 3.65. The van der Waals surface area contributed by atoms with Gasteiger partial charge in [-0.15, -0.1) is 0 Å². The Morgan fingerprint density at radius 1 is 1.33 bits per heavy atom. The lowest BCUT2D eigenvalue weighted by Gasteiger charge is -2.07. The minimum atomic E-state index is -0.402. The number of aromatic nitrogens is 3. The van der Waals surface area contributed by atoms with Gasteiger partial charge in [0.1, 0.15) is 11.6 Å². The average molecular weight is 328 g/mol. The summed E-state index contributed by atoms with van der Waals surface area (Å²) in [7, 11) is 0. The Hall–Kier alpha value is -2.96. The second-order valence-corrected chi connectivity index (χ2v) is 5.39. The second kappa shape index (κ2) is 6.66. The van der Waals surface area contributed by atoms with E-state index in [9.17, 15) is 9.18 Å². The molecule has 6 nitrogen and oxygen atoms in total. The van der Waals surface area contributed by atoms with Gasteiger partial charge in [0.2, 0.25) is 0 Å². The first kappa shape index (κ1) is 15.9. The third-order valence-electron chi connectivity index (χ3n) is 3.47. The minimum absolute atomic E-state index is 0.142. The number of benzene rings is 1. The Bertz CT molecular complexity index is 852. The number of rotatable bonds is 5. The first-order valence-corrected chi connectivity index (χ1v) is 7.63. The van der Waals surface area contributed by atoms with Crippen LogP contribution in [-0.2, 0) is 6.54 Å². The van der Waals surface area contributed by atoms with Gasteiger partial charge in [0.05, 0.1) is 5.69 Å². The Morgan fingerprint density at radius 2 is 2.08 bits per heavy atom. The van der Waals surface area contributed by atoms with Crippen LogP contribution in [0.1, 0.15) is 29.5 Å². The lowest BCUT2D eigenvalue weighted by Crippen LogP contribution is -2.17. The van der Waals surface area contributed by atoms with E-state index in [1.807, 2.05) is 13.8 Å². The van der Waals surface area contributed by atoms with E-state index < -0.39 is 5.91 Å². The van der Waals surface area contributed by atoms with Crippen molar-refractivity contribution in [1.82, 2.24) is 14.8 Å². The number of anilines is 1. The van der Waals surface area contributed by atoms with Crippen LogP contribution in [0.4, 0.5) is 10.2 Å². The molecule has 0 radical (unpaired) electrons. The van der Waals surface area contributed by atoms with Gasteiger partial charge in [-0.25, -0.2) is 14.1 Å². The van der Waals surface area contributed by atoms with Crippen molar-refractivity contribution in [1.29, 1.82) is 0 Å². The molecule has 3 aromatic rings. The molecule has 0 spiro atoms. The Labute approximate surface area is 138 Å². The molecule has 1 N–H and O–H groups in total. The van der Waals surface area contributed by atoms with Gasteiger partial charge in [-0.3, -0.25) is 4.79 Å². The fourth-order valence-corrected chi connectivity index (χ4v) is 2.42. The Kier molecular flexibility index (Phi) is 4.41. The van der Waals surface area contributed by atoms with Crippen molar-refractivity contribution in [3.05, 3.63) is 53.9 Å². The number of halogens is 1. The van der Waals surface area contributed by atoms with Gasteiger partial charge in [0, 0.05) is 18.2 Å². The van der Waals surface area contributed by atoms with E-state index in [1.165, 1.54) is 30.7 Å². The van der Waals surface area contributed by atoms with Crippen molar-refractivity contribution in [3.8, 4) is 11.3 Å². The number of nitrogens with one attached hydrogen (secondary N) is 1. The lowest BCUT2D eigenvalue weighted by atomic mass is 10.1. The van der Waals surface area contributed by atoms with Crippen LogP contribution >= 0.6 is 0 Å². The monoisotopic (exact) mass is 328 g/mol. The Morgan fingerprint density at radius 3 is 2.79 bits per heavy atom. The molecule has 0 saturated carbocycles. The zero-order valence-electron chi connectivity index (χ0n) is 13.4. The minimum Gasteiger partial charge on any atom is -0.443 e. The summed E-state index contributed by atoms with van der Waals surface area (Å²) >= 11 is 0. The predicted molar refractivity (Wildman–Crippen MR) is 87.1 cm³/mol. The van der Waals surface area contributed by atoms with E-state index in [1.54, 1.807) is 10.7 Å². The highest BCUT2D eigenvalue weighted by molar-refractivity contribution is 6.06. The molecule has 2 heterocycles. The first-order valence-electron chi connectivity index (χ1n) is 7.63. The van der Waals surface area contributed by atoms with Crippen molar-refractivity contribution in [2.75, 3.05) is 5.32 Å². The van der Waals surface area contributed by atoms with Crippen LogP contribution in [0.25, 0.3) is 11.3 Å². The fraction of sp³-hybridized carbons (Fsp3) is 0.235. The normalized spacial score (nSPS) is 10.8. The molecule has 7 heteroatoms. The van der Waals surface area contributed by atoms with Crippen molar-refractivity contribution < 1.29 is 13.6 Å². The third kappa shape index (κ3) is 3.19. The van der Waals surface area contributed by atoms with Crippen LogP contribution < -0.4 is 5.32 Å². The van der Waals surface area contributed by atoms with E-state index in [-0.39, 0.29) is 11.5 Å². The van der Waals surface area contributed by atoms with Gasteiger partial charge in [-0.2, -0.15) is 5.10 Å². The van der Waals surface area contributed by atoms with Gasteiger partial charge in [-0.1, -0.05) is 6.92 Å². The summed E-state index contributed by atoms with van der Waals surface area (Å²) in [5.74, 6) is 0.140. The summed E-state index contributed by atoms with van der Waals surface area (Å²) in [5, 5.41) is 7.15. The molecule has 0 atom stereocenters. The SMILES string of the molecule is CCCn1nc(C)cc1NC(=O)c1ncoc1-c1ccc(F)cc1. The maximum absolute atomic E-state index is 13.1. The van der Waals surface area contributed by atoms with Crippen molar-refractivity contribution in [2.24, 2.45) is 0 Å². The van der Waals surface area contributed by atoms with E-state index in [0.29, 0.717) is 23.7 Å². The zero-order chi connectivity index (χ0) is 17.1. The summed E-state index contributed by atoms with van der Waals surface area (Å²) in [6.45, 7) is 4.60. The molecule has 0 unspecified atom stereocenters. The van der Waals surface area contributed by atoms with Crippen LogP contribution in [0.15, 0.2) is 41.1 Å². The maximum atomic E-state index is 13.1. The van der Waals surface area contributed by atoms with Crippen molar-refractivity contribution in [3.63, 3.8) is 0 Å². The van der Waals surface area contributed by atoms with Crippen LogP contribution in [0.5, 0.6) is 0 Å². The van der Waals surface area contributed by atoms with E-state index in [0.717, 1.165) is 12.1 Å².